The molecule has 2 nitrogen and oxygen atoms in total. The first-order valence-electron chi connectivity index (χ1n) is 6.27. The normalized spacial score (nSPS) is 10.6. The number of benzene rings is 2. The van der Waals surface area contributed by atoms with Crippen LogP contribution in [0.4, 0.5) is 4.39 Å². The zero-order chi connectivity index (χ0) is 14.2. The predicted molar refractivity (Wildman–Crippen MR) is 76.2 cm³/mol. The maximum absolute atomic E-state index is 13.6. The van der Waals surface area contributed by atoms with Gasteiger partial charge in [-0.1, -0.05) is 48.6 Å². The summed E-state index contributed by atoms with van der Waals surface area (Å²) < 4.78 is 18.9. The van der Waals surface area contributed by atoms with Gasteiger partial charge in [-0.05, 0) is 17.7 Å². The van der Waals surface area contributed by atoms with E-state index in [0.29, 0.717) is 17.7 Å². The van der Waals surface area contributed by atoms with E-state index in [1.165, 1.54) is 6.07 Å². The van der Waals surface area contributed by atoms with Crippen LogP contribution in [0.25, 0.3) is 6.08 Å². The molecule has 0 amide bonds. The van der Waals surface area contributed by atoms with Gasteiger partial charge < -0.3 is 4.74 Å². The second kappa shape index (κ2) is 7.22. The molecule has 3 heteroatoms. The molecule has 2 aromatic carbocycles. The summed E-state index contributed by atoms with van der Waals surface area (Å²) in [6, 6.07) is 16.2. The Balaban J connectivity index is 1.82. The Morgan fingerprint density at radius 2 is 1.95 bits per heavy atom. The van der Waals surface area contributed by atoms with Crippen molar-refractivity contribution in [3.63, 3.8) is 0 Å². The molecule has 0 aliphatic heterocycles. The van der Waals surface area contributed by atoms with Crippen molar-refractivity contribution in [3.8, 4) is 6.07 Å². The predicted octanol–water partition coefficient (Wildman–Crippen LogP) is 3.93. The van der Waals surface area contributed by atoms with Crippen LogP contribution in [0.5, 0.6) is 0 Å². The summed E-state index contributed by atoms with van der Waals surface area (Å²) in [5.74, 6) is -0.406. The third kappa shape index (κ3) is 4.04. The van der Waals surface area contributed by atoms with E-state index >= 15 is 0 Å². The third-order valence-electron chi connectivity index (χ3n) is 2.76. The number of rotatable bonds is 5. The summed E-state index contributed by atoms with van der Waals surface area (Å²) in [7, 11) is 0. The maximum Gasteiger partial charge on any atom is 0.130 e. The van der Waals surface area contributed by atoms with Crippen LogP contribution in [-0.4, -0.2) is 6.61 Å². The van der Waals surface area contributed by atoms with Crippen molar-refractivity contribution in [2.75, 3.05) is 6.61 Å². The standard InChI is InChI=1S/C17H14FNO/c18-17-11-15(12-19)8-9-16(17)13-20-10-4-7-14-5-2-1-3-6-14/h1-9,11H,10,13H2/b7-4+. The molecular formula is C17H14FNO. The monoisotopic (exact) mass is 267 g/mol. The van der Waals surface area contributed by atoms with Crippen LogP contribution in [0, 0.1) is 17.1 Å². The minimum Gasteiger partial charge on any atom is -0.373 e. The lowest BCUT2D eigenvalue weighted by atomic mass is 10.1. The number of halogens is 1. The molecule has 0 N–H and O–H groups in total. The van der Waals surface area contributed by atoms with E-state index < -0.39 is 5.82 Å². The molecule has 100 valence electrons. The number of nitriles is 1. The highest BCUT2D eigenvalue weighted by Crippen LogP contribution is 2.11. The molecule has 0 aliphatic carbocycles. The zero-order valence-corrected chi connectivity index (χ0v) is 10.9. The molecule has 0 unspecified atom stereocenters. The Bertz CT molecular complexity index is 629. The van der Waals surface area contributed by atoms with E-state index in [1.54, 1.807) is 12.1 Å². The average Bonchev–Trinajstić information content (AvgIpc) is 2.49. The van der Waals surface area contributed by atoms with Crippen molar-refractivity contribution in [3.05, 3.63) is 77.1 Å². The Labute approximate surface area is 117 Å². The van der Waals surface area contributed by atoms with Crippen molar-refractivity contribution in [1.82, 2.24) is 0 Å². The van der Waals surface area contributed by atoms with Gasteiger partial charge in [-0.25, -0.2) is 4.39 Å². The van der Waals surface area contributed by atoms with Gasteiger partial charge in [0.1, 0.15) is 5.82 Å². The molecule has 0 fully saturated rings. The van der Waals surface area contributed by atoms with E-state index in [-0.39, 0.29) is 6.61 Å². The second-order valence-corrected chi connectivity index (χ2v) is 4.25. The van der Waals surface area contributed by atoms with E-state index in [2.05, 4.69) is 0 Å². The first kappa shape index (κ1) is 14.0. The van der Waals surface area contributed by atoms with Gasteiger partial charge in [0, 0.05) is 5.56 Å². The molecule has 0 radical (unpaired) electrons. The van der Waals surface area contributed by atoms with Gasteiger partial charge in [0.15, 0.2) is 0 Å². The number of ether oxygens (including phenoxy) is 1. The number of hydrogen-bond acceptors (Lipinski definition) is 2. The van der Waals surface area contributed by atoms with E-state index in [1.807, 2.05) is 48.6 Å². The molecule has 0 bridgehead atoms. The van der Waals surface area contributed by atoms with E-state index in [4.69, 9.17) is 10.00 Å². The fourth-order valence-electron chi connectivity index (χ4n) is 1.72. The maximum atomic E-state index is 13.6. The van der Waals surface area contributed by atoms with Crippen LogP contribution in [-0.2, 0) is 11.3 Å². The molecule has 0 aromatic heterocycles. The lowest BCUT2D eigenvalue weighted by molar-refractivity contribution is 0.146. The van der Waals surface area contributed by atoms with Crippen molar-refractivity contribution in [2.24, 2.45) is 0 Å². The highest BCUT2D eigenvalue weighted by atomic mass is 19.1. The molecule has 0 atom stereocenters. The van der Waals surface area contributed by atoms with Gasteiger partial charge in [0.25, 0.3) is 0 Å². The molecule has 0 saturated heterocycles. The van der Waals surface area contributed by atoms with Gasteiger partial charge in [0.2, 0.25) is 0 Å². The van der Waals surface area contributed by atoms with Crippen molar-refractivity contribution < 1.29 is 9.13 Å². The number of nitrogens with zero attached hydrogens (tertiary/aromatic N) is 1. The Kier molecular flexibility index (Phi) is 5.05. The van der Waals surface area contributed by atoms with E-state index in [9.17, 15) is 4.39 Å². The lowest BCUT2D eigenvalue weighted by Gasteiger charge is -2.03. The molecule has 0 spiro atoms. The smallest absolute Gasteiger partial charge is 0.130 e. The van der Waals surface area contributed by atoms with Gasteiger partial charge in [0.05, 0.1) is 24.8 Å². The Morgan fingerprint density at radius 3 is 2.65 bits per heavy atom. The summed E-state index contributed by atoms with van der Waals surface area (Å²) in [6.45, 7) is 0.602. The topological polar surface area (TPSA) is 33.0 Å². The van der Waals surface area contributed by atoms with Gasteiger partial charge in [-0.15, -0.1) is 0 Å². The lowest BCUT2D eigenvalue weighted by Crippen LogP contribution is -1.96. The Morgan fingerprint density at radius 1 is 1.15 bits per heavy atom. The quantitative estimate of drug-likeness (QED) is 0.769. The Hall–Kier alpha value is -2.44. The fourth-order valence-corrected chi connectivity index (χ4v) is 1.72. The highest BCUT2D eigenvalue weighted by molar-refractivity contribution is 5.48. The first-order chi connectivity index (χ1) is 9.79. The first-order valence-corrected chi connectivity index (χ1v) is 6.27. The summed E-state index contributed by atoms with van der Waals surface area (Å²) >= 11 is 0. The van der Waals surface area contributed by atoms with Crippen LogP contribution in [0.1, 0.15) is 16.7 Å². The molecular weight excluding hydrogens is 253 g/mol. The molecule has 2 rings (SSSR count). The average molecular weight is 267 g/mol. The van der Waals surface area contributed by atoms with Crippen LogP contribution >= 0.6 is 0 Å². The van der Waals surface area contributed by atoms with Crippen LogP contribution < -0.4 is 0 Å². The molecule has 0 saturated carbocycles. The van der Waals surface area contributed by atoms with Crippen LogP contribution in [0.3, 0.4) is 0 Å². The van der Waals surface area contributed by atoms with Crippen molar-refractivity contribution in [1.29, 1.82) is 5.26 Å². The molecule has 0 heterocycles. The molecule has 2 aromatic rings. The minimum absolute atomic E-state index is 0.191. The van der Waals surface area contributed by atoms with Crippen molar-refractivity contribution in [2.45, 2.75) is 6.61 Å². The second-order valence-electron chi connectivity index (χ2n) is 4.25. The third-order valence-corrected chi connectivity index (χ3v) is 2.76. The van der Waals surface area contributed by atoms with Gasteiger partial charge in [-0.2, -0.15) is 5.26 Å². The summed E-state index contributed by atoms with van der Waals surface area (Å²) in [6.07, 6.45) is 3.84. The van der Waals surface area contributed by atoms with E-state index in [0.717, 1.165) is 5.56 Å². The minimum atomic E-state index is -0.406. The van der Waals surface area contributed by atoms with Gasteiger partial charge in [-0.3, -0.25) is 0 Å². The van der Waals surface area contributed by atoms with Crippen LogP contribution in [0.15, 0.2) is 54.6 Å². The SMILES string of the molecule is N#Cc1ccc(COC/C=C/c2ccccc2)c(F)c1. The van der Waals surface area contributed by atoms with Crippen LogP contribution in [0.2, 0.25) is 0 Å². The largest absolute Gasteiger partial charge is 0.373 e. The summed E-state index contributed by atoms with van der Waals surface area (Å²) in [4.78, 5) is 0. The summed E-state index contributed by atoms with van der Waals surface area (Å²) in [5.41, 5.74) is 1.87. The summed E-state index contributed by atoms with van der Waals surface area (Å²) in [5, 5.41) is 8.65. The fraction of sp³-hybridized carbons (Fsp3) is 0.118. The van der Waals surface area contributed by atoms with Gasteiger partial charge >= 0.3 is 0 Å². The molecule has 0 aliphatic rings. The zero-order valence-electron chi connectivity index (χ0n) is 10.9. The highest BCUT2D eigenvalue weighted by Gasteiger charge is 2.02. The molecule has 20 heavy (non-hydrogen) atoms. The number of hydrogen-bond donors (Lipinski definition) is 0. The van der Waals surface area contributed by atoms with Crippen molar-refractivity contribution >= 4 is 6.08 Å².